The topological polar surface area (TPSA) is 37.4 Å². The second-order valence-corrected chi connectivity index (χ2v) is 9.35. The zero-order chi connectivity index (χ0) is 19.0. The highest BCUT2D eigenvalue weighted by molar-refractivity contribution is 8.00. The maximum atomic E-state index is 15.2. The van der Waals surface area contributed by atoms with Gasteiger partial charge in [0.25, 0.3) is 10.0 Å². The first-order valence-electron chi connectivity index (χ1n) is 8.58. The average Bonchev–Trinajstić information content (AvgIpc) is 2.69. The van der Waals surface area contributed by atoms with E-state index in [1.54, 1.807) is 36.4 Å². The lowest BCUT2D eigenvalue weighted by molar-refractivity contribution is 0.587. The van der Waals surface area contributed by atoms with Crippen molar-refractivity contribution in [1.82, 2.24) is 0 Å². The minimum absolute atomic E-state index is 0.221. The first kappa shape index (κ1) is 18.1. The van der Waals surface area contributed by atoms with E-state index in [-0.39, 0.29) is 10.7 Å². The fraction of sp³-hybridized carbons (Fsp3) is 0.143. The zero-order valence-electron chi connectivity index (χ0n) is 14.7. The maximum absolute atomic E-state index is 15.2. The van der Waals surface area contributed by atoms with Crippen LogP contribution in [0.1, 0.15) is 5.56 Å². The molecule has 0 atom stereocenters. The van der Waals surface area contributed by atoms with Crippen molar-refractivity contribution >= 4 is 27.5 Å². The molecule has 6 heteroatoms. The van der Waals surface area contributed by atoms with E-state index in [1.807, 2.05) is 37.3 Å². The molecule has 3 aromatic rings. The van der Waals surface area contributed by atoms with Gasteiger partial charge in [-0.3, -0.25) is 4.31 Å². The quantitative estimate of drug-likeness (QED) is 0.615. The Bertz CT molecular complexity index is 1080. The van der Waals surface area contributed by atoms with E-state index in [0.29, 0.717) is 28.4 Å². The fourth-order valence-electron chi connectivity index (χ4n) is 3.16. The van der Waals surface area contributed by atoms with Crippen LogP contribution in [-0.4, -0.2) is 20.7 Å². The summed E-state index contributed by atoms with van der Waals surface area (Å²) in [6, 6.07) is 19.4. The van der Waals surface area contributed by atoms with E-state index >= 15 is 4.39 Å². The van der Waals surface area contributed by atoms with Gasteiger partial charge in [0.2, 0.25) is 0 Å². The van der Waals surface area contributed by atoms with Crippen molar-refractivity contribution in [2.75, 3.05) is 16.6 Å². The summed E-state index contributed by atoms with van der Waals surface area (Å²) in [5, 5.41) is 0. The Hall–Kier alpha value is -2.31. The molecule has 0 spiro atoms. The lowest BCUT2D eigenvalue weighted by Crippen LogP contribution is -2.35. The first-order valence-corrected chi connectivity index (χ1v) is 11.0. The highest BCUT2D eigenvalue weighted by Gasteiger charge is 2.31. The zero-order valence-corrected chi connectivity index (χ0v) is 16.4. The average molecular weight is 400 g/mol. The van der Waals surface area contributed by atoms with Crippen molar-refractivity contribution in [1.29, 1.82) is 0 Å². The molecule has 0 unspecified atom stereocenters. The molecule has 0 radical (unpaired) electrons. The summed E-state index contributed by atoms with van der Waals surface area (Å²) in [5.74, 6) is 0.139. The van der Waals surface area contributed by atoms with Gasteiger partial charge in [-0.15, -0.1) is 11.8 Å². The van der Waals surface area contributed by atoms with E-state index in [0.717, 1.165) is 11.1 Å². The van der Waals surface area contributed by atoms with Crippen LogP contribution >= 0.6 is 11.8 Å². The van der Waals surface area contributed by atoms with Crippen LogP contribution < -0.4 is 4.31 Å². The van der Waals surface area contributed by atoms with Gasteiger partial charge in [-0.05, 0) is 36.8 Å². The molecule has 3 nitrogen and oxygen atoms in total. The molecule has 0 bridgehead atoms. The summed E-state index contributed by atoms with van der Waals surface area (Å²) in [6.07, 6.45) is 0. The molecule has 1 heterocycles. The third kappa shape index (κ3) is 3.24. The summed E-state index contributed by atoms with van der Waals surface area (Å²) in [4.78, 5) is 0.608. The number of benzene rings is 3. The Morgan fingerprint density at radius 1 is 0.963 bits per heavy atom. The SMILES string of the molecule is Cc1ccc(S(=O)(=O)N2CCSc3c2ccc(-c2ccccc2)c3F)cc1. The van der Waals surface area contributed by atoms with Crippen LogP contribution in [0.2, 0.25) is 0 Å². The van der Waals surface area contributed by atoms with Gasteiger partial charge >= 0.3 is 0 Å². The molecule has 0 saturated heterocycles. The Labute approximate surface area is 162 Å². The summed E-state index contributed by atoms with van der Waals surface area (Å²) in [5.41, 5.74) is 2.65. The smallest absolute Gasteiger partial charge is 0.264 e. The van der Waals surface area contributed by atoms with Crippen LogP contribution in [0.25, 0.3) is 11.1 Å². The molecule has 3 aromatic carbocycles. The van der Waals surface area contributed by atoms with E-state index < -0.39 is 10.0 Å². The van der Waals surface area contributed by atoms with Crippen molar-refractivity contribution in [3.8, 4) is 11.1 Å². The van der Waals surface area contributed by atoms with Crippen molar-refractivity contribution in [3.63, 3.8) is 0 Å². The number of fused-ring (bicyclic) bond motifs is 1. The minimum atomic E-state index is -3.73. The summed E-state index contributed by atoms with van der Waals surface area (Å²) >= 11 is 1.36. The Morgan fingerprint density at radius 3 is 2.37 bits per heavy atom. The number of thioether (sulfide) groups is 1. The third-order valence-corrected chi connectivity index (χ3v) is 7.47. The van der Waals surface area contributed by atoms with Crippen molar-refractivity contribution in [2.24, 2.45) is 0 Å². The van der Waals surface area contributed by atoms with Gasteiger partial charge in [-0.1, -0.05) is 48.0 Å². The van der Waals surface area contributed by atoms with Crippen LogP contribution in [-0.2, 0) is 10.0 Å². The second kappa shape index (κ2) is 7.02. The fourth-order valence-corrected chi connectivity index (χ4v) is 5.85. The Balaban J connectivity index is 1.80. The highest BCUT2D eigenvalue weighted by Crippen LogP contribution is 2.42. The predicted molar refractivity (Wildman–Crippen MR) is 108 cm³/mol. The number of aryl methyl sites for hydroxylation is 1. The molecule has 27 heavy (non-hydrogen) atoms. The molecule has 1 aliphatic rings. The number of halogens is 1. The monoisotopic (exact) mass is 399 g/mol. The van der Waals surface area contributed by atoms with E-state index in [1.165, 1.54) is 16.1 Å². The van der Waals surface area contributed by atoms with Crippen LogP contribution in [0.4, 0.5) is 10.1 Å². The Morgan fingerprint density at radius 2 is 1.67 bits per heavy atom. The highest BCUT2D eigenvalue weighted by atomic mass is 32.2. The number of hydrogen-bond donors (Lipinski definition) is 0. The molecule has 0 saturated carbocycles. The van der Waals surface area contributed by atoms with Gasteiger partial charge in [0.15, 0.2) is 0 Å². The van der Waals surface area contributed by atoms with Crippen molar-refractivity contribution in [2.45, 2.75) is 16.7 Å². The molecule has 0 aromatic heterocycles. The predicted octanol–water partition coefficient (Wildman–Crippen LogP) is 5.10. The van der Waals surface area contributed by atoms with Gasteiger partial charge in [0.05, 0.1) is 15.5 Å². The van der Waals surface area contributed by atoms with E-state index in [2.05, 4.69) is 0 Å². The van der Waals surface area contributed by atoms with Crippen LogP contribution in [0, 0.1) is 12.7 Å². The van der Waals surface area contributed by atoms with Gasteiger partial charge in [-0.2, -0.15) is 0 Å². The van der Waals surface area contributed by atoms with E-state index in [9.17, 15) is 8.42 Å². The van der Waals surface area contributed by atoms with Crippen LogP contribution in [0.5, 0.6) is 0 Å². The maximum Gasteiger partial charge on any atom is 0.264 e. The summed E-state index contributed by atoms with van der Waals surface area (Å²) < 4.78 is 42.8. The van der Waals surface area contributed by atoms with Crippen LogP contribution in [0.3, 0.4) is 0 Å². The van der Waals surface area contributed by atoms with Gasteiger partial charge in [0, 0.05) is 17.9 Å². The molecule has 0 aliphatic carbocycles. The molecular weight excluding hydrogens is 381 g/mol. The number of hydrogen-bond acceptors (Lipinski definition) is 3. The van der Waals surface area contributed by atoms with Crippen molar-refractivity contribution < 1.29 is 12.8 Å². The molecular formula is C21H18FNO2S2. The summed E-state index contributed by atoms with van der Waals surface area (Å²) in [6.45, 7) is 2.22. The lowest BCUT2D eigenvalue weighted by Gasteiger charge is -2.30. The van der Waals surface area contributed by atoms with Gasteiger partial charge in [0.1, 0.15) is 5.82 Å². The van der Waals surface area contributed by atoms with Crippen LogP contribution in [0.15, 0.2) is 76.5 Å². The van der Waals surface area contributed by atoms with Gasteiger partial charge < -0.3 is 0 Å². The normalized spacial score (nSPS) is 14.1. The van der Waals surface area contributed by atoms with E-state index in [4.69, 9.17) is 0 Å². The molecule has 0 N–H and O–H groups in total. The molecule has 1 aliphatic heterocycles. The van der Waals surface area contributed by atoms with Crippen molar-refractivity contribution in [3.05, 3.63) is 78.1 Å². The second-order valence-electron chi connectivity index (χ2n) is 6.38. The molecule has 138 valence electrons. The molecule has 0 fully saturated rings. The Kier molecular flexibility index (Phi) is 4.70. The third-order valence-electron chi connectivity index (χ3n) is 4.58. The standard InChI is InChI=1S/C21H18FNO2S2/c1-15-7-9-17(10-8-15)27(24,25)23-13-14-26-21-19(23)12-11-18(20(21)22)16-5-3-2-4-6-16/h2-12H,13-14H2,1H3. The lowest BCUT2D eigenvalue weighted by atomic mass is 10.0. The first-order chi connectivity index (χ1) is 13.0. The summed E-state index contributed by atoms with van der Waals surface area (Å²) in [7, 11) is -3.73. The largest absolute Gasteiger partial charge is 0.264 e. The molecule has 4 rings (SSSR count). The number of sulfonamides is 1. The van der Waals surface area contributed by atoms with Gasteiger partial charge in [-0.25, -0.2) is 12.8 Å². The number of nitrogens with zero attached hydrogens (tertiary/aromatic N) is 1. The molecule has 0 amide bonds. The number of anilines is 1. The minimum Gasteiger partial charge on any atom is -0.264 e. The number of rotatable bonds is 3.